The van der Waals surface area contributed by atoms with Gasteiger partial charge in [0.15, 0.2) is 0 Å². The summed E-state index contributed by atoms with van der Waals surface area (Å²) in [5.41, 5.74) is 2.14. The zero-order valence-electron chi connectivity index (χ0n) is 10.1. The van der Waals surface area contributed by atoms with Crippen molar-refractivity contribution in [1.82, 2.24) is 4.98 Å². The van der Waals surface area contributed by atoms with Crippen molar-refractivity contribution in [3.63, 3.8) is 0 Å². The second kappa shape index (κ2) is 4.98. The van der Waals surface area contributed by atoms with E-state index in [1.54, 1.807) is 24.4 Å². The van der Waals surface area contributed by atoms with Crippen molar-refractivity contribution < 1.29 is 4.39 Å². The number of aliphatic imine (C=N–C) groups is 1. The lowest BCUT2D eigenvalue weighted by molar-refractivity contribution is 0.626. The molecule has 0 aliphatic rings. The number of nitrogens with zero attached hydrogens (tertiary/aromatic N) is 2. The van der Waals surface area contributed by atoms with Gasteiger partial charge in [0.1, 0.15) is 5.82 Å². The average Bonchev–Trinajstić information content (AvgIpc) is 2.46. The van der Waals surface area contributed by atoms with Crippen LogP contribution in [0.2, 0.25) is 0 Å². The Morgan fingerprint density at radius 2 is 1.84 bits per heavy atom. The lowest BCUT2D eigenvalue weighted by Crippen LogP contribution is -1.86. The summed E-state index contributed by atoms with van der Waals surface area (Å²) in [7, 11) is 0. The standard InChI is InChI=1S/C16H11FN2/c17-14-7-2-1-5-12(14)11-19-16-9-3-8-15-13(16)6-4-10-18-15/h1-11H. The molecule has 0 atom stereocenters. The molecule has 0 spiro atoms. The number of benzene rings is 2. The van der Waals surface area contributed by atoms with Crippen LogP contribution in [0.3, 0.4) is 0 Å². The molecule has 3 heteroatoms. The number of aromatic nitrogens is 1. The fraction of sp³-hybridized carbons (Fsp3) is 0. The van der Waals surface area contributed by atoms with Crippen molar-refractivity contribution >= 4 is 22.8 Å². The zero-order valence-corrected chi connectivity index (χ0v) is 10.1. The van der Waals surface area contributed by atoms with Crippen LogP contribution in [0.25, 0.3) is 10.9 Å². The van der Waals surface area contributed by atoms with Gasteiger partial charge in [-0.3, -0.25) is 9.98 Å². The number of halogens is 1. The monoisotopic (exact) mass is 250 g/mol. The summed E-state index contributed by atoms with van der Waals surface area (Å²) in [5.74, 6) is -0.274. The Kier molecular flexibility index (Phi) is 3.02. The summed E-state index contributed by atoms with van der Waals surface area (Å²) >= 11 is 0. The first-order valence-corrected chi connectivity index (χ1v) is 5.97. The predicted molar refractivity (Wildman–Crippen MR) is 75.4 cm³/mol. The Morgan fingerprint density at radius 3 is 2.74 bits per heavy atom. The molecule has 19 heavy (non-hydrogen) atoms. The highest BCUT2D eigenvalue weighted by Crippen LogP contribution is 2.24. The molecule has 0 fully saturated rings. The van der Waals surface area contributed by atoms with Crippen molar-refractivity contribution in [1.29, 1.82) is 0 Å². The third-order valence-corrected chi connectivity index (χ3v) is 2.87. The molecule has 1 aromatic heterocycles. The summed E-state index contributed by atoms with van der Waals surface area (Å²) < 4.78 is 13.5. The Hall–Kier alpha value is -2.55. The number of hydrogen-bond donors (Lipinski definition) is 0. The maximum atomic E-state index is 13.5. The molecule has 2 aromatic carbocycles. The molecule has 0 unspecified atom stereocenters. The van der Waals surface area contributed by atoms with Gasteiger partial charge in [0.25, 0.3) is 0 Å². The highest BCUT2D eigenvalue weighted by Gasteiger charge is 2.00. The average molecular weight is 250 g/mol. The van der Waals surface area contributed by atoms with E-state index in [1.807, 2.05) is 30.3 Å². The van der Waals surface area contributed by atoms with Gasteiger partial charge in [0, 0.05) is 23.4 Å². The molecular weight excluding hydrogens is 239 g/mol. The lowest BCUT2D eigenvalue weighted by atomic mass is 10.2. The van der Waals surface area contributed by atoms with E-state index in [2.05, 4.69) is 9.98 Å². The summed E-state index contributed by atoms with van der Waals surface area (Å²) in [4.78, 5) is 8.63. The fourth-order valence-electron chi connectivity index (χ4n) is 1.92. The first-order chi connectivity index (χ1) is 9.34. The molecule has 0 radical (unpaired) electrons. The van der Waals surface area contributed by atoms with E-state index < -0.39 is 0 Å². The van der Waals surface area contributed by atoms with Crippen LogP contribution in [-0.4, -0.2) is 11.2 Å². The molecule has 0 N–H and O–H groups in total. The van der Waals surface area contributed by atoms with Crippen LogP contribution in [0.5, 0.6) is 0 Å². The van der Waals surface area contributed by atoms with E-state index in [1.165, 1.54) is 12.3 Å². The normalized spacial score (nSPS) is 11.2. The van der Waals surface area contributed by atoms with E-state index in [4.69, 9.17) is 0 Å². The highest BCUT2D eigenvalue weighted by molar-refractivity contribution is 5.93. The maximum Gasteiger partial charge on any atom is 0.131 e. The van der Waals surface area contributed by atoms with Gasteiger partial charge in [0.2, 0.25) is 0 Å². The minimum atomic E-state index is -0.274. The number of rotatable bonds is 2. The first kappa shape index (κ1) is 11.5. The second-order valence-corrected chi connectivity index (χ2v) is 4.13. The molecule has 0 saturated heterocycles. The molecule has 92 valence electrons. The topological polar surface area (TPSA) is 25.2 Å². The molecule has 0 aliphatic carbocycles. The molecule has 1 heterocycles. The highest BCUT2D eigenvalue weighted by atomic mass is 19.1. The molecule has 0 saturated carbocycles. The summed E-state index contributed by atoms with van der Waals surface area (Å²) in [6.07, 6.45) is 3.28. The van der Waals surface area contributed by atoms with E-state index in [-0.39, 0.29) is 5.82 Å². The Balaban J connectivity index is 2.04. The van der Waals surface area contributed by atoms with Crippen molar-refractivity contribution in [2.24, 2.45) is 4.99 Å². The molecule has 0 bridgehead atoms. The zero-order chi connectivity index (χ0) is 13.1. The first-order valence-electron chi connectivity index (χ1n) is 5.97. The summed E-state index contributed by atoms with van der Waals surface area (Å²) in [6.45, 7) is 0. The van der Waals surface area contributed by atoms with Gasteiger partial charge in [-0.25, -0.2) is 4.39 Å². The minimum Gasteiger partial charge on any atom is -0.256 e. The van der Waals surface area contributed by atoms with E-state index in [0.29, 0.717) is 5.56 Å². The number of hydrogen-bond acceptors (Lipinski definition) is 2. The Labute approximate surface area is 110 Å². The third kappa shape index (κ3) is 2.36. The van der Waals surface area contributed by atoms with Crippen molar-refractivity contribution in [3.8, 4) is 0 Å². The van der Waals surface area contributed by atoms with Crippen LogP contribution < -0.4 is 0 Å². The Morgan fingerprint density at radius 1 is 0.947 bits per heavy atom. The quantitative estimate of drug-likeness (QED) is 0.628. The van der Waals surface area contributed by atoms with E-state index in [0.717, 1.165) is 16.6 Å². The second-order valence-electron chi connectivity index (χ2n) is 4.13. The van der Waals surface area contributed by atoms with Gasteiger partial charge in [-0.15, -0.1) is 0 Å². The number of pyridine rings is 1. The van der Waals surface area contributed by atoms with Crippen LogP contribution in [0, 0.1) is 5.82 Å². The SMILES string of the molecule is Fc1ccccc1C=Nc1cccc2ncccc12. The van der Waals surface area contributed by atoms with Gasteiger partial charge in [0.05, 0.1) is 11.2 Å². The van der Waals surface area contributed by atoms with Gasteiger partial charge in [-0.1, -0.05) is 24.3 Å². The molecular formula is C16H11FN2. The van der Waals surface area contributed by atoms with Crippen molar-refractivity contribution in [2.75, 3.05) is 0 Å². The summed E-state index contributed by atoms with van der Waals surface area (Å²) in [6, 6.07) is 16.1. The van der Waals surface area contributed by atoms with Gasteiger partial charge < -0.3 is 0 Å². The van der Waals surface area contributed by atoms with Crippen LogP contribution in [0.15, 0.2) is 65.8 Å². The van der Waals surface area contributed by atoms with E-state index in [9.17, 15) is 4.39 Å². The van der Waals surface area contributed by atoms with Gasteiger partial charge in [-0.05, 0) is 30.3 Å². The Bertz CT molecular complexity index is 745. The van der Waals surface area contributed by atoms with Crippen LogP contribution in [0.4, 0.5) is 10.1 Å². The lowest BCUT2D eigenvalue weighted by Gasteiger charge is -2.00. The van der Waals surface area contributed by atoms with Crippen molar-refractivity contribution in [3.05, 3.63) is 72.2 Å². The van der Waals surface area contributed by atoms with Crippen LogP contribution in [0.1, 0.15) is 5.56 Å². The van der Waals surface area contributed by atoms with Gasteiger partial charge >= 0.3 is 0 Å². The maximum absolute atomic E-state index is 13.5. The van der Waals surface area contributed by atoms with E-state index >= 15 is 0 Å². The summed E-state index contributed by atoms with van der Waals surface area (Å²) in [5, 5.41) is 0.956. The molecule has 3 rings (SSSR count). The van der Waals surface area contributed by atoms with Gasteiger partial charge in [-0.2, -0.15) is 0 Å². The smallest absolute Gasteiger partial charge is 0.131 e. The largest absolute Gasteiger partial charge is 0.256 e. The molecule has 0 amide bonds. The minimum absolute atomic E-state index is 0.274. The van der Waals surface area contributed by atoms with Crippen molar-refractivity contribution in [2.45, 2.75) is 0 Å². The van der Waals surface area contributed by atoms with Crippen LogP contribution in [-0.2, 0) is 0 Å². The fourth-order valence-corrected chi connectivity index (χ4v) is 1.92. The molecule has 3 aromatic rings. The molecule has 0 aliphatic heterocycles. The van der Waals surface area contributed by atoms with Crippen LogP contribution >= 0.6 is 0 Å². The predicted octanol–water partition coefficient (Wildman–Crippen LogP) is 4.12. The number of fused-ring (bicyclic) bond motifs is 1. The molecule has 2 nitrogen and oxygen atoms in total. The third-order valence-electron chi connectivity index (χ3n) is 2.87.